The summed E-state index contributed by atoms with van der Waals surface area (Å²) in [5.41, 5.74) is 0. The third-order valence-electron chi connectivity index (χ3n) is 5.20. The van der Waals surface area contributed by atoms with Crippen molar-refractivity contribution in [2.75, 3.05) is 0 Å². The molecule has 0 spiro atoms. The van der Waals surface area contributed by atoms with Gasteiger partial charge in [0.15, 0.2) is 33.3 Å². The lowest BCUT2D eigenvalue weighted by molar-refractivity contribution is -0.153. The highest BCUT2D eigenvalue weighted by Gasteiger charge is 2.44. The van der Waals surface area contributed by atoms with Crippen LogP contribution in [0, 0.1) is 5.92 Å². The first-order valence-electron chi connectivity index (χ1n) is 15.2. The van der Waals surface area contributed by atoms with Crippen molar-refractivity contribution in [3.8, 4) is 0 Å². The fraction of sp³-hybridized carbons (Fsp3) is 0.939. The monoisotopic (exact) mass is 861 g/mol. The van der Waals surface area contributed by atoms with Gasteiger partial charge in [-0.3, -0.25) is 9.59 Å². The van der Waals surface area contributed by atoms with E-state index >= 15 is 0 Å². The molecule has 0 saturated carbocycles. The van der Waals surface area contributed by atoms with Crippen molar-refractivity contribution < 1.29 is 39.0 Å². The van der Waals surface area contributed by atoms with Crippen LogP contribution in [0.1, 0.15) is 78.7 Å². The molecule has 3 unspecified atom stereocenters. The Morgan fingerprint density at radius 1 is 0.560 bits per heavy atom. The van der Waals surface area contributed by atoms with Gasteiger partial charge in [0.05, 0.1) is 12.3 Å². The second kappa shape index (κ2) is 27.3. The fourth-order valence-electron chi connectivity index (χ4n) is 5.14. The van der Waals surface area contributed by atoms with Gasteiger partial charge in [0.25, 0.3) is 9.28 Å². The smallest absolute Gasteiger partial charge is 0.317 e. The molecule has 0 aromatic heterocycles. The number of ether oxygens (including phenoxy) is 1. The van der Waals surface area contributed by atoms with Crippen LogP contribution in [-0.4, -0.2) is 80.2 Å². The number of rotatable bonds is 16. The molecule has 1 heterocycles. The summed E-state index contributed by atoms with van der Waals surface area (Å²) in [5.74, 6) is -1.11. The van der Waals surface area contributed by atoms with Crippen LogP contribution < -0.4 is 0 Å². The van der Waals surface area contributed by atoms with Gasteiger partial charge >= 0.3 is 37.6 Å². The molecule has 1 aliphatic heterocycles. The van der Waals surface area contributed by atoms with E-state index in [1.807, 2.05) is 0 Å². The number of hydrogen-bond donors (Lipinski definition) is 0. The Morgan fingerprint density at radius 2 is 0.940 bits per heavy atom. The molecular formula is C33H96O9Si8. The van der Waals surface area contributed by atoms with E-state index in [4.69, 9.17) is 24.7 Å². The Hall–Kier alpha value is 0.635. The minimum atomic E-state index is -2.45. The number of esters is 2. The quantitative estimate of drug-likeness (QED) is 0.0853. The molecular weight excluding hydrogens is 765 g/mol. The van der Waals surface area contributed by atoms with Crippen LogP contribution in [0.4, 0.5) is 0 Å². The number of carbonyl (C=O) groups excluding carboxylic acids is 2. The topological polar surface area (TPSA) is 98.8 Å². The van der Waals surface area contributed by atoms with Crippen molar-refractivity contribution in [1.82, 2.24) is 0 Å². The van der Waals surface area contributed by atoms with Crippen LogP contribution in [0.5, 0.6) is 0 Å². The van der Waals surface area contributed by atoms with Crippen LogP contribution in [0.2, 0.25) is 124 Å². The summed E-state index contributed by atoms with van der Waals surface area (Å²) in [5, 5.41) is 0. The summed E-state index contributed by atoms with van der Waals surface area (Å²) in [6.07, 6.45) is 1.63. The minimum Gasteiger partial charge on any atom is -0.439 e. The lowest BCUT2D eigenvalue weighted by atomic mass is 10.0. The van der Waals surface area contributed by atoms with Crippen molar-refractivity contribution in [2.45, 2.75) is 203 Å². The van der Waals surface area contributed by atoms with E-state index in [0.29, 0.717) is 6.42 Å². The van der Waals surface area contributed by atoms with Crippen molar-refractivity contribution in [1.29, 1.82) is 0 Å². The summed E-state index contributed by atoms with van der Waals surface area (Å²) in [4.78, 5) is 22.9. The second-order valence-corrected chi connectivity index (χ2v) is 47.7. The fourth-order valence-corrected chi connectivity index (χ4v) is 37.5. The molecule has 17 heteroatoms. The standard InChI is InChI=1S/C16H36O6Si4.C9H28O3Si4.8CH4/c1-23(2,3)20-25(7,8)22-26(9,21-24(4,5)6)12-10-11-14-13-15(17)19-16(14)18;1-13(10-14(2,3)4)11-16(8,9)12-15(5,6)7;;;;;;;;/h14H,10-13H2,1-9H3;13H,1-9H3;8*1H4. The predicted octanol–water partition coefficient (Wildman–Crippen LogP) is 12.7. The van der Waals surface area contributed by atoms with E-state index in [1.54, 1.807) is 0 Å². The number of hydrogen-bond acceptors (Lipinski definition) is 9. The van der Waals surface area contributed by atoms with Gasteiger partial charge in [0.2, 0.25) is 0 Å². The average molecular weight is 862 g/mol. The summed E-state index contributed by atoms with van der Waals surface area (Å²) in [7, 11) is -14.7. The third kappa shape index (κ3) is 38.4. The highest BCUT2D eigenvalue weighted by Crippen LogP contribution is 2.30. The molecule has 0 radical (unpaired) electrons. The molecule has 50 heavy (non-hydrogen) atoms. The largest absolute Gasteiger partial charge is 0.439 e. The molecule has 0 aromatic rings. The lowest BCUT2D eigenvalue weighted by Crippen LogP contribution is -2.56. The predicted molar refractivity (Wildman–Crippen MR) is 247 cm³/mol. The SMILES string of the molecule is C.C.C.C.C.C.C.C.C[SiH](O[Si](C)(C)C)O[Si](C)(C)O[Si](C)(C)C.C[Si](C)(C)O[Si](C)(C)O[Si](C)(CCCC1CC(=O)OC1=O)O[Si](C)(C)C. The van der Waals surface area contributed by atoms with Gasteiger partial charge in [0, 0.05) is 0 Å². The maximum atomic E-state index is 11.7. The number of cyclic esters (lactones) is 2. The maximum Gasteiger partial charge on any atom is 0.317 e. The van der Waals surface area contributed by atoms with Crippen molar-refractivity contribution in [2.24, 2.45) is 5.92 Å². The first-order valence-corrected chi connectivity index (χ1v) is 39.1. The van der Waals surface area contributed by atoms with Crippen LogP contribution in [-0.2, 0) is 39.0 Å². The Kier molecular flexibility index (Phi) is 39.2. The number of carbonyl (C=O) groups is 2. The zero-order chi connectivity index (χ0) is 33.6. The van der Waals surface area contributed by atoms with E-state index < -0.39 is 74.2 Å². The Bertz CT molecular complexity index is 882. The van der Waals surface area contributed by atoms with Gasteiger partial charge in [-0.05, 0) is 130 Å². The van der Waals surface area contributed by atoms with Crippen molar-refractivity contribution >= 4 is 80.2 Å². The van der Waals surface area contributed by atoms with Crippen LogP contribution in [0.3, 0.4) is 0 Å². The van der Waals surface area contributed by atoms with Gasteiger partial charge in [0.1, 0.15) is 0 Å². The summed E-state index contributed by atoms with van der Waals surface area (Å²) in [6, 6.07) is 0.792. The summed E-state index contributed by atoms with van der Waals surface area (Å²) < 4.78 is 42.4. The highest BCUT2D eigenvalue weighted by molar-refractivity contribution is 6.89. The van der Waals surface area contributed by atoms with E-state index in [0.717, 1.165) is 12.5 Å². The normalized spacial score (nSPS) is 16.5. The Labute approximate surface area is 326 Å². The summed E-state index contributed by atoms with van der Waals surface area (Å²) >= 11 is 0. The average Bonchev–Trinajstić information content (AvgIpc) is 2.90. The molecule has 3 atom stereocenters. The molecule has 0 amide bonds. The van der Waals surface area contributed by atoms with E-state index in [1.165, 1.54) is 0 Å². The molecule has 0 aliphatic carbocycles. The maximum absolute atomic E-state index is 11.7. The second-order valence-electron chi connectivity index (χ2n) is 16.2. The van der Waals surface area contributed by atoms with E-state index in [9.17, 15) is 9.59 Å². The molecule has 0 N–H and O–H groups in total. The first kappa shape index (κ1) is 72.0. The molecule has 9 nitrogen and oxygen atoms in total. The zero-order valence-corrected chi connectivity index (χ0v) is 38.3. The van der Waals surface area contributed by atoms with Crippen LogP contribution >= 0.6 is 0 Å². The van der Waals surface area contributed by atoms with Crippen molar-refractivity contribution in [3.05, 3.63) is 0 Å². The van der Waals surface area contributed by atoms with Gasteiger partial charge in [-0.25, -0.2) is 0 Å². The van der Waals surface area contributed by atoms with Gasteiger partial charge in [-0.2, -0.15) is 0 Å². The summed E-state index contributed by atoms with van der Waals surface area (Å²) in [6.45, 7) is 38.9. The molecule has 1 saturated heterocycles. The van der Waals surface area contributed by atoms with E-state index in [-0.39, 0.29) is 77.7 Å². The van der Waals surface area contributed by atoms with E-state index in [2.05, 4.69) is 123 Å². The van der Waals surface area contributed by atoms with Gasteiger partial charge < -0.3 is 29.4 Å². The zero-order valence-electron chi connectivity index (χ0n) is 30.2. The van der Waals surface area contributed by atoms with Crippen molar-refractivity contribution in [3.63, 3.8) is 0 Å². The Morgan fingerprint density at radius 3 is 1.26 bits per heavy atom. The minimum absolute atomic E-state index is 0. The van der Waals surface area contributed by atoms with Crippen LogP contribution in [0.25, 0.3) is 0 Å². The van der Waals surface area contributed by atoms with Gasteiger partial charge in [-0.1, -0.05) is 65.8 Å². The third-order valence-corrected chi connectivity index (χ3v) is 30.9. The lowest BCUT2D eigenvalue weighted by Gasteiger charge is -2.41. The molecule has 0 bridgehead atoms. The molecule has 314 valence electrons. The molecule has 1 fully saturated rings. The first-order chi connectivity index (χ1) is 18.3. The highest BCUT2D eigenvalue weighted by atomic mass is 28.5. The van der Waals surface area contributed by atoms with Gasteiger partial charge in [-0.15, -0.1) is 0 Å². The van der Waals surface area contributed by atoms with Crippen LogP contribution in [0.15, 0.2) is 0 Å². The Balaban J connectivity index is -0.0000000893. The molecule has 1 rings (SSSR count). The molecule has 1 aliphatic rings. The molecule has 0 aromatic carbocycles.